The first-order valence-electron chi connectivity index (χ1n) is 7.73. The van der Waals surface area contributed by atoms with E-state index in [0.29, 0.717) is 11.2 Å². The van der Waals surface area contributed by atoms with Crippen LogP contribution in [0.5, 0.6) is 0 Å². The number of anilines is 1. The summed E-state index contributed by atoms with van der Waals surface area (Å²) in [7, 11) is 1.88. The summed E-state index contributed by atoms with van der Waals surface area (Å²) < 4.78 is 1.75. The molecule has 0 aromatic carbocycles. The lowest BCUT2D eigenvalue weighted by atomic mass is 9.82. The molecule has 3 rings (SSSR count). The van der Waals surface area contributed by atoms with E-state index in [-0.39, 0.29) is 0 Å². The zero-order valence-corrected chi connectivity index (χ0v) is 13.1. The van der Waals surface area contributed by atoms with Gasteiger partial charge in [0.25, 0.3) is 0 Å². The second-order valence-corrected chi connectivity index (χ2v) is 6.20. The number of likely N-dealkylation sites (tertiary alicyclic amines) is 1. The predicted octanol–water partition coefficient (Wildman–Crippen LogP) is 1.96. The molecule has 0 bridgehead atoms. The monoisotopic (exact) mass is 288 g/mol. The number of nitrogens with zero attached hydrogens (tertiary/aromatic N) is 5. The maximum atomic E-state index is 6.03. The van der Waals surface area contributed by atoms with E-state index < -0.39 is 0 Å². The van der Waals surface area contributed by atoms with Gasteiger partial charge in [-0.15, -0.1) is 0 Å². The van der Waals surface area contributed by atoms with E-state index in [1.807, 2.05) is 7.05 Å². The molecule has 1 saturated heterocycles. The molecule has 0 aliphatic carbocycles. The van der Waals surface area contributed by atoms with Gasteiger partial charge in [-0.25, -0.2) is 9.97 Å². The van der Waals surface area contributed by atoms with Gasteiger partial charge in [0, 0.05) is 13.6 Å². The molecule has 1 aliphatic rings. The minimum atomic E-state index is 0.474. The maximum absolute atomic E-state index is 6.03. The Labute approximate surface area is 125 Å². The van der Waals surface area contributed by atoms with Crippen LogP contribution in [-0.4, -0.2) is 37.7 Å². The smallest absolute Gasteiger partial charge is 0.163 e. The van der Waals surface area contributed by atoms with Crippen molar-refractivity contribution in [2.45, 2.75) is 39.7 Å². The number of rotatable bonds is 4. The van der Waals surface area contributed by atoms with Crippen LogP contribution in [0.25, 0.3) is 11.0 Å². The molecule has 0 atom stereocenters. The Balaban J connectivity index is 1.81. The number of nitrogens with two attached hydrogens (primary N) is 1. The highest BCUT2D eigenvalue weighted by atomic mass is 15.3. The third-order valence-corrected chi connectivity index (χ3v) is 5.05. The Hall–Kier alpha value is -1.69. The average Bonchev–Trinajstić information content (AvgIpc) is 3.05. The molecule has 6 nitrogen and oxygen atoms in total. The van der Waals surface area contributed by atoms with Gasteiger partial charge in [-0.1, -0.05) is 13.8 Å². The highest BCUT2D eigenvalue weighted by molar-refractivity contribution is 5.84. The van der Waals surface area contributed by atoms with Crippen LogP contribution >= 0.6 is 0 Å². The van der Waals surface area contributed by atoms with Crippen molar-refractivity contribution in [3.05, 3.63) is 12.0 Å². The molecule has 2 aromatic heterocycles. The van der Waals surface area contributed by atoms with E-state index in [0.717, 1.165) is 36.5 Å². The van der Waals surface area contributed by atoms with E-state index in [9.17, 15) is 0 Å². The largest absolute Gasteiger partial charge is 0.383 e. The van der Waals surface area contributed by atoms with Crippen molar-refractivity contribution in [1.82, 2.24) is 24.6 Å². The second kappa shape index (κ2) is 5.26. The lowest BCUT2D eigenvalue weighted by Gasteiger charge is -2.26. The number of fused-ring (bicyclic) bond motifs is 1. The van der Waals surface area contributed by atoms with Crippen molar-refractivity contribution in [3.63, 3.8) is 0 Å². The standard InChI is InChI=1S/C15H24N6/c1-4-15(5-2)6-7-21(10-15)9-12-18-13(16)11-8-17-20(3)14(11)19-12/h8H,4-7,9-10H2,1-3H3,(H2,16,18,19). The topological polar surface area (TPSA) is 72.9 Å². The molecular weight excluding hydrogens is 264 g/mol. The van der Waals surface area contributed by atoms with E-state index in [1.54, 1.807) is 10.9 Å². The van der Waals surface area contributed by atoms with Crippen molar-refractivity contribution in [2.75, 3.05) is 18.8 Å². The maximum Gasteiger partial charge on any atom is 0.163 e. The summed E-state index contributed by atoms with van der Waals surface area (Å²) in [5.74, 6) is 1.33. The molecule has 21 heavy (non-hydrogen) atoms. The fraction of sp³-hybridized carbons (Fsp3) is 0.667. The summed E-state index contributed by atoms with van der Waals surface area (Å²) in [6, 6.07) is 0. The molecule has 0 radical (unpaired) electrons. The van der Waals surface area contributed by atoms with Crippen LogP contribution in [0.4, 0.5) is 5.82 Å². The summed E-state index contributed by atoms with van der Waals surface area (Å²) >= 11 is 0. The number of hydrogen-bond acceptors (Lipinski definition) is 5. The fourth-order valence-electron chi connectivity index (χ4n) is 3.35. The number of aryl methyl sites for hydroxylation is 1. The first-order valence-corrected chi connectivity index (χ1v) is 7.73. The van der Waals surface area contributed by atoms with Crippen LogP contribution < -0.4 is 5.73 Å². The van der Waals surface area contributed by atoms with Crippen molar-refractivity contribution >= 4 is 16.9 Å². The molecule has 0 unspecified atom stereocenters. The first kappa shape index (κ1) is 14.3. The molecule has 1 fully saturated rings. The normalized spacial score (nSPS) is 18.6. The van der Waals surface area contributed by atoms with Gasteiger partial charge < -0.3 is 5.73 Å². The van der Waals surface area contributed by atoms with Gasteiger partial charge in [0.2, 0.25) is 0 Å². The summed E-state index contributed by atoms with van der Waals surface area (Å²) in [4.78, 5) is 11.5. The lowest BCUT2D eigenvalue weighted by Crippen LogP contribution is -2.26. The molecule has 1 aliphatic heterocycles. The molecule has 0 spiro atoms. The number of hydrogen-bond donors (Lipinski definition) is 1. The third-order valence-electron chi connectivity index (χ3n) is 5.05. The van der Waals surface area contributed by atoms with Gasteiger partial charge in [0.15, 0.2) is 5.65 Å². The molecule has 3 heterocycles. The minimum Gasteiger partial charge on any atom is -0.383 e. The van der Waals surface area contributed by atoms with Gasteiger partial charge in [0.1, 0.15) is 11.6 Å². The van der Waals surface area contributed by atoms with Crippen LogP contribution in [0.1, 0.15) is 38.9 Å². The fourth-order valence-corrected chi connectivity index (χ4v) is 3.35. The Morgan fingerprint density at radius 1 is 1.29 bits per heavy atom. The summed E-state index contributed by atoms with van der Waals surface area (Å²) in [5.41, 5.74) is 7.32. The van der Waals surface area contributed by atoms with Gasteiger partial charge in [-0.05, 0) is 31.2 Å². The molecular formula is C15H24N6. The summed E-state index contributed by atoms with van der Waals surface area (Å²) in [6.07, 6.45) is 5.47. The van der Waals surface area contributed by atoms with Gasteiger partial charge in [-0.2, -0.15) is 5.10 Å². The SMILES string of the molecule is CCC1(CC)CCN(Cc2nc(N)c3cnn(C)c3n2)C1. The Morgan fingerprint density at radius 3 is 2.71 bits per heavy atom. The Morgan fingerprint density at radius 2 is 2.05 bits per heavy atom. The quantitative estimate of drug-likeness (QED) is 0.931. The molecule has 0 amide bonds. The molecule has 114 valence electrons. The van der Waals surface area contributed by atoms with Gasteiger partial charge >= 0.3 is 0 Å². The molecule has 6 heteroatoms. The van der Waals surface area contributed by atoms with Crippen molar-refractivity contribution in [1.29, 1.82) is 0 Å². The van der Waals surface area contributed by atoms with Crippen LogP contribution in [0.15, 0.2) is 6.20 Å². The lowest BCUT2D eigenvalue weighted by molar-refractivity contribution is 0.233. The number of nitrogen functional groups attached to an aromatic ring is 1. The Kier molecular flexibility index (Phi) is 3.57. The van der Waals surface area contributed by atoms with Crippen LogP contribution in [0.2, 0.25) is 0 Å². The Bertz CT molecular complexity index is 643. The van der Waals surface area contributed by atoms with E-state index >= 15 is 0 Å². The highest BCUT2D eigenvalue weighted by Crippen LogP contribution is 2.37. The third kappa shape index (κ3) is 2.48. The van der Waals surface area contributed by atoms with E-state index in [4.69, 9.17) is 5.73 Å². The zero-order chi connectivity index (χ0) is 15.0. The minimum absolute atomic E-state index is 0.474. The first-order chi connectivity index (χ1) is 10.1. The highest BCUT2D eigenvalue weighted by Gasteiger charge is 2.35. The second-order valence-electron chi connectivity index (χ2n) is 6.20. The van der Waals surface area contributed by atoms with Crippen LogP contribution in [0.3, 0.4) is 0 Å². The predicted molar refractivity (Wildman–Crippen MR) is 83.6 cm³/mol. The van der Waals surface area contributed by atoms with E-state index in [2.05, 4.69) is 33.8 Å². The van der Waals surface area contributed by atoms with E-state index in [1.165, 1.54) is 19.3 Å². The summed E-state index contributed by atoms with van der Waals surface area (Å²) in [6.45, 7) is 7.61. The summed E-state index contributed by atoms with van der Waals surface area (Å²) in [5, 5.41) is 5.03. The van der Waals surface area contributed by atoms with Crippen LogP contribution in [0, 0.1) is 5.41 Å². The molecule has 0 saturated carbocycles. The van der Waals surface area contributed by atoms with Crippen molar-refractivity contribution < 1.29 is 0 Å². The van der Waals surface area contributed by atoms with Crippen LogP contribution in [-0.2, 0) is 13.6 Å². The van der Waals surface area contributed by atoms with Crippen molar-refractivity contribution in [3.8, 4) is 0 Å². The van der Waals surface area contributed by atoms with Gasteiger partial charge in [-0.3, -0.25) is 9.58 Å². The zero-order valence-electron chi connectivity index (χ0n) is 13.1. The average molecular weight is 288 g/mol. The van der Waals surface area contributed by atoms with Crippen molar-refractivity contribution in [2.24, 2.45) is 12.5 Å². The number of aromatic nitrogens is 4. The molecule has 2 N–H and O–H groups in total. The van der Waals surface area contributed by atoms with Gasteiger partial charge in [0.05, 0.1) is 18.1 Å². The molecule has 2 aromatic rings.